The molecule has 0 aliphatic rings. The van der Waals surface area contributed by atoms with Gasteiger partial charge in [0.1, 0.15) is 5.69 Å². The molecular formula is C21H21N3O2. The van der Waals surface area contributed by atoms with Gasteiger partial charge in [0.05, 0.1) is 6.42 Å². The van der Waals surface area contributed by atoms with Crippen molar-refractivity contribution in [3.63, 3.8) is 0 Å². The van der Waals surface area contributed by atoms with Gasteiger partial charge in [0.2, 0.25) is 5.91 Å². The summed E-state index contributed by atoms with van der Waals surface area (Å²) in [5, 5.41) is 5.50. The number of aromatic nitrogens is 1. The van der Waals surface area contributed by atoms with Crippen LogP contribution in [0, 0.1) is 0 Å². The smallest absolute Gasteiger partial charge is 0.272 e. The van der Waals surface area contributed by atoms with E-state index in [1.807, 2.05) is 59.3 Å². The highest BCUT2D eigenvalue weighted by atomic mass is 16.2. The number of nitrogens with one attached hydrogen (secondary N) is 2. The Kier molecular flexibility index (Phi) is 5.49. The summed E-state index contributed by atoms with van der Waals surface area (Å²) in [6.45, 7) is 0.641. The zero-order chi connectivity index (χ0) is 18.4. The number of rotatable bonds is 6. The van der Waals surface area contributed by atoms with Crippen LogP contribution in [0.1, 0.15) is 21.6 Å². The molecule has 3 aromatic rings. The van der Waals surface area contributed by atoms with E-state index in [1.165, 1.54) is 0 Å². The first kappa shape index (κ1) is 17.5. The normalized spacial score (nSPS) is 10.3. The van der Waals surface area contributed by atoms with Gasteiger partial charge in [-0.2, -0.15) is 0 Å². The highest BCUT2D eigenvalue weighted by molar-refractivity contribution is 6.03. The third-order valence-electron chi connectivity index (χ3n) is 4.11. The lowest BCUT2D eigenvalue weighted by molar-refractivity contribution is -0.119. The molecular weight excluding hydrogens is 326 g/mol. The summed E-state index contributed by atoms with van der Waals surface area (Å²) in [6, 6.07) is 21.0. The minimum Gasteiger partial charge on any atom is -0.359 e. The first-order valence-electron chi connectivity index (χ1n) is 8.45. The highest BCUT2D eigenvalue weighted by Crippen LogP contribution is 2.13. The third kappa shape index (κ3) is 4.39. The molecule has 2 aromatic carbocycles. The molecule has 1 aromatic heterocycles. The summed E-state index contributed by atoms with van der Waals surface area (Å²) in [6.07, 6.45) is 2.22. The standard InChI is InChI=1S/C21H21N3O2/c1-22-20(25)14-16-9-11-18(12-10-16)23-21(26)19-8-5-13-24(19)15-17-6-3-2-4-7-17/h2-13H,14-15H2,1H3,(H,22,25)(H,23,26). The Hall–Kier alpha value is -3.34. The molecule has 0 bridgehead atoms. The van der Waals surface area contributed by atoms with Crippen LogP contribution in [0.4, 0.5) is 5.69 Å². The first-order chi connectivity index (χ1) is 12.7. The number of likely N-dealkylation sites (N-methyl/N-ethyl adjacent to an activating group) is 1. The van der Waals surface area contributed by atoms with Crippen LogP contribution in [-0.2, 0) is 17.8 Å². The quantitative estimate of drug-likeness (QED) is 0.720. The van der Waals surface area contributed by atoms with E-state index >= 15 is 0 Å². The number of carbonyl (C=O) groups excluding carboxylic acids is 2. The molecule has 0 aliphatic carbocycles. The average Bonchev–Trinajstić information content (AvgIpc) is 3.12. The molecule has 1 heterocycles. The second-order valence-electron chi connectivity index (χ2n) is 6.01. The van der Waals surface area contributed by atoms with Gasteiger partial charge in [-0.15, -0.1) is 0 Å². The summed E-state index contributed by atoms with van der Waals surface area (Å²) >= 11 is 0. The van der Waals surface area contributed by atoms with Crippen molar-refractivity contribution in [2.45, 2.75) is 13.0 Å². The van der Waals surface area contributed by atoms with Crippen molar-refractivity contribution >= 4 is 17.5 Å². The van der Waals surface area contributed by atoms with E-state index in [9.17, 15) is 9.59 Å². The van der Waals surface area contributed by atoms with Crippen LogP contribution in [0.3, 0.4) is 0 Å². The van der Waals surface area contributed by atoms with E-state index in [-0.39, 0.29) is 11.8 Å². The van der Waals surface area contributed by atoms with Crippen LogP contribution in [0.2, 0.25) is 0 Å². The lowest BCUT2D eigenvalue weighted by Crippen LogP contribution is -2.20. The molecule has 0 fully saturated rings. The number of benzene rings is 2. The molecule has 0 saturated heterocycles. The topological polar surface area (TPSA) is 63.1 Å². The van der Waals surface area contributed by atoms with Crippen LogP contribution in [0.25, 0.3) is 0 Å². The van der Waals surface area contributed by atoms with Crippen molar-refractivity contribution in [3.05, 3.63) is 89.7 Å². The number of hydrogen-bond donors (Lipinski definition) is 2. The molecule has 0 atom stereocenters. The molecule has 26 heavy (non-hydrogen) atoms. The first-order valence-corrected chi connectivity index (χ1v) is 8.45. The fourth-order valence-corrected chi connectivity index (χ4v) is 2.71. The predicted octanol–water partition coefficient (Wildman–Crippen LogP) is 3.08. The van der Waals surface area contributed by atoms with E-state index in [4.69, 9.17) is 0 Å². The molecule has 0 saturated carbocycles. The second kappa shape index (κ2) is 8.16. The van der Waals surface area contributed by atoms with Gasteiger partial charge in [-0.05, 0) is 35.4 Å². The van der Waals surface area contributed by atoms with Gasteiger partial charge in [-0.3, -0.25) is 9.59 Å². The Bertz CT molecular complexity index is 883. The van der Waals surface area contributed by atoms with Crippen LogP contribution in [-0.4, -0.2) is 23.4 Å². The van der Waals surface area contributed by atoms with Gasteiger partial charge in [0, 0.05) is 25.5 Å². The molecule has 132 valence electrons. The van der Waals surface area contributed by atoms with Crippen LogP contribution >= 0.6 is 0 Å². The van der Waals surface area contributed by atoms with Crippen molar-refractivity contribution in [3.8, 4) is 0 Å². The molecule has 2 amide bonds. The molecule has 0 radical (unpaired) electrons. The SMILES string of the molecule is CNC(=O)Cc1ccc(NC(=O)c2cccn2Cc2ccccc2)cc1. The fraction of sp³-hybridized carbons (Fsp3) is 0.143. The van der Waals surface area contributed by atoms with E-state index < -0.39 is 0 Å². The van der Waals surface area contributed by atoms with E-state index in [1.54, 1.807) is 25.2 Å². The zero-order valence-electron chi connectivity index (χ0n) is 14.6. The number of hydrogen-bond acceptors (Lipinski definition) is 2. The monoisotopic (exact) mass is 347 g/mol. The Morgan fingerprint density at radius 3 is 2.31 bits per heavy atom. The van der Waals surface area contributed by atoms with Gasteiger partial charge in [0.15, 0.2) is 0 Å². The van der Waals surface area contributed by atoms with Gasteiger partial charge < -0.3 is 15.2 Å². The minimum absolute atomic E-state index is 0.0412. The molecule has 0 aliphatic heterocycles. The Balaban J connectivity index is 1.67. The maximum atomic E-state index is 12.6. The predicted molar refractivity (Wildman–Crippen MR) is 102 cm³/mol. The zero-order valence-corrected chi connectivity index (χ0v) is 14.6. The fourth-order valence-electron chi connectivity index (χ4n) is 2.71. The number of carbonyl (C=O) groups is 2. The van der Waals surface area contributed by atoms with Crippen LogP contribution < -0.4 is 10.6 Å². The van der Waals surface area contributed by atoms with Crippen molar-refractivity contribution in [1.82, 2.24) is 9.88 Å². The Labute approximate surface area is 152 Å². The average molecular weight is 347 g/mol. The summed E-state index contributed by atoms with van der Waals surface area (Å²) < 4.78 is 1.92. The van der Waals surface area contributed by atoms with Crippen LogP contribution in [0.15, 0.2) is 72.9 Å². The van der Waals surface area contributed by atoms with Gasteiger partial charge in [-0.1, -0.05) is 42.5 Å². The lowest BCUT2D eigenvalue weighted by Gasteiger charge is -2.10. The second-order valence-corrected chi connectivity index (χ2v) is 6.01. The van der Waals surface area contributed by atoms with Gasteiger partial charge in [0.25, 0.3) is 5.91 Å². The van der Waals surface area contributed by atoms with Gasteiger partial charge >= 0.3 is 0 Å². The highest BCUT2D eigenvalue weighted by Gasteiger charge is 2.11. The molecule has 2 N–H and O–H groups in total. The molecule has 0 unspecified atom stereocenters. The largest absolute Gasteiger partial charge is 0.359 e. The minimum atomic E-state index is -0.162. The molecule has 0 spiro atoms. The molecule has 5 nitrogen and oxygen atoms in total. The Morgan fingerprint density at radius 1 is 0.885 bits per heavy atom. The molecule has 3 rings (SSSR count). The maximum Gasteiger partial charge on any atom is 0.272 e. The number of anilines is 1. The van der Waals surface area contributed by atoms with Crippen molar-refractivity contribution in [1.29, 1.82) is 0 Å². The number of nitrogens with zero attached hydrogens (tertiary/aromatic N) is 1. The maximum absolute atomic E-state index is 12.6. The van der Waals surface area contributed by atoms with Crippen LogP contribution in [0.5, 0.6) is 0 Å². The summed E-state index contributed by atoms with van der Waals surface area (Å²) in [4.78, 5) is 24.0. The summed E-state index contributed by atoms with van der Waals surface area (Å²) in [5.41, 5.74) is 3.33. The van der Waals surface area contributed by atoms with E-state index in [0.717, 1.165) is 11.1 Å². The van der Waals surface area contributed by atoms with E-state index in [0.29, 0.717) is 24.3 Å². The molecule has 5 heteroatoms. The summed E-state index contributed by atoms with van der Waals surface area (Å²) in [7, 11) is 1.61. The lowest BCUT2D eigenvalue weighted by atomic mass is 10.1. The number of amides is 2. The third-order valence-corrected chi connectivity index (χ3v) is 4.11. The van der Waals surface area contributed by atoms with E-state index in [2.05, 4.69) is 10.6 Å². The van der Waals surface area contributed by atoms with Crippen molar-refractivity contribution in [2.75, 3.05) is 12.4 Å². The Morgan fingerprint density at radius 2 is 1.62 bits per heavy atom. The van der Waals surface area contributed by atoms with Gasteiger partial charge in [-0.25, -0.2) is 0 Å². The van der Waals surface area contributed by atoms with Crippen molar-refractivity contribution in [2.24, 2.45) is 0 Å². The summed E-state index contributed by atoms with van der Waals surface area (Å²) in [5.74, 6) is -0.203. The van der Waals surface area contributed by atoms with Crippen molar-refractivity contribution < 1.29 is 9.59 Å².